The van der Waals surface area contributed by atoms with E-state index >= 15 is 0 Å². The zero-order valence-electron chi connectivity index (χ0n) is 14.2. The Balaban J connectivity index is 1.43. The maximum Gasteiger partial charge on any atom is 0.244 e. The summed E-state index contributed by atoms with van der Waals surface area (Å²) in [4.78, 5) is 14.6. The van der Waals surface area contributed by atoms with Crippen molar-refractivity contribution >= 4 is 27.9 Å². The SMILES string of the molecule is O=C(/C=C\c1cccc(Br)c1)NC1CCN(Cc2ccccc2)CC1. The Morgan fingerprint density at radius 1 is 1.12 bits per heavy atom. The summed E-state index contributed by atoms with van der Waals surface area (Å²) < 4.78 is 1.01. The Kier molecular flexibility index (Phi) is 6.42. The summed E-state index contributed by atoms with van der Waals surface area (Å²) in [6, 6.07) is 18.7. The molecule has 2 aromatic carbocycles. The number of amides is 1. The van der Waals surface area contributed by atoms with E-state index in [1.165, 1.54) is 5.56 Å². The van der Waals surface area contributed by atoms with Gasteiger partial charge in [-0.2, -0.15) is 0 Å². The van der Waals surface area contributed by atoms with Gasteiger partial charge >= 0.3 is 0 Å². The quantitative estimate of drug-likeness (QED) is 0.763. The Morgan fingerprint density at radius 2 is 1.88 bits per heavy atom. The van der Waals surface area contributed by atoms with Crippen molar-refractivity contribution in [2.75, 3.05) is 13.1 Å². The van der Waals surface area contributed by atoms with Crippen molar-refractivity contribution in [3.63, 3.8) is 0 Å². The van der Waals surface area contributed by atoms with Crippen LogP contribution in [-0.4, -0.2) is 29.9 Å². The second-order valence-corrected chi connectivity index (χ2v) is 7.35. The van der Waals surface area contributed by atoms with Crippen molar-refractivity contribution in [1.29, 1.82) is 0 Å². The molecule has 0 atom stereocenters. The van der Waals surface area contributed by atoms with Crippen LogP contribution in [0.4, 0.5) is 0 Å². The van der Waals surface area contributed by atoms with Crippen LogP contribution in [-0.2, 0) is 11.3 Å². The van der Waals surface area contributed by atoms with E-state index in [4.69, 9.17) is 0 Å². The number of hydrogen-bond acceptors (Lipinski definition) is 2. The van der Waals surface area contributed by atoms with E-state index in [0.29, 0.717) is 0 Å². The highest BCUT2D eigenvalue weighted by molar-refractivity contribution is 9.10. The van der Waals surface area contributed by atoms with Crippen LogP contribution in [0.5, 0.6) is 0 Å². The van der Waals surface area contributed by atoms with Gasteiger partial charge in [0.25, 0.3) is 0 Å². The highest BCUT2D eigenvalue weighted by Gasteiger charge is 2.19. The molecule has 25 heavy (non-hydrogen) atoms. The third-order valence-electron chi connectivity index (χ3n) is 4.46. The monoisotopic (exact) mass is 398 g/mol. The predicted octanol–water partition coefficient (Wildman–Crippen LogP) is 4.24. The molecule has 2 aromatic rings. The standard InChI is InChI=1S/C21H23BrN2O/c22-19-8-4-7-17(15-19)9-10-21(25)23-20-11-13-24(14-12-20)16-18-5-2-1-3-6-18/h1-10,15,20H,11-14,16H2,(H,23,25)/b10-9-. The molecular formula is C21H23BrN2O. The molecule has 4 heteroatoms. The highest BCUT2D eigenvalue weighted by Crippen LogP contribution is 2.15. The third-order valence-corrected chi connectivity index (χ3v) is 4.95. The first-order chi connectivity index (χ1) is 12.2. The number of nitrogens with one attached hydrogen (secondary N) is 1. The molecule has 0 spiro atoms. The van der Waals surface area contributed by atoms with Crippen LogP contribution in [0.1, 0.15) is 24.0 Å². The summed E-state index contributed by atoms with van der Waals surface area (Å²) in [5, 5.41) is 3.12. The molecule has 0 aromatic heterocycles. The number of carbonyl (C=O) groups excluding carboxylic acids is 1. The summed E-state index contributed by atoms with van der Waals surface area (Å²) in [5.41, 5.74) is 2.36. The lowest BCUT2D eigenvalue weighted by Gasteiger charge is -2.32. The normalized spacial score (nSPS) is 16.2. The number of likely N-dealkylation sites (tertiary alicyclic amines) is 1. The summed E-state index contributed by atoms with van der Waals surface area (Å²) in [5.74, 6) is -0.0125. The summed E-state index contributed by atoms with van der Waals surface area (Å²) in [6.45, 7) is 3.04. The molecule has 1 aliphatic heterocycles. The molecule has 1 amide bonds. The van der Waals surface area contributed by atoms with Crippen LogP contribution in [0, 0.1) is 0 Å². The molecule has 0 saturated carbocycles. The topological polar surface area (TPSA) is 32.3 Å². The van der Waals surface area contributed by atoms with Crippen LogP contribution in [0.2, 0.25) is 0 Å². The molecular weight excluding hydrogens is 376 g/mol. The lowest BCUT2D eigenvalue weighted by Crippen LogP contribution is -2.43. The van der Waals surface area contributed by atoms with Gasteiger partial charge in [-0.1, -0.05) is 58.4 Å². The van der Waals surface area contributed by atoms with Gasteiger partial charge in [0, 0.05) is 36.2 Å². The summed E-state index contributed by atoms with van der Waals surface area (Å²) >= 11 is 3.44. The van der Waals surface area contributed by atoms with Gasteiger partial charge < -0.3 is 5.32 Å². The molecule has 0 bridgehead atoms. The maximum atomic E-state index is 12.1. The molecule has 3 rings (SSSR count). The smallest absolute Gasteiger partial charge is 0.244 e. The number of halogens is 1. The third kappa shape index (κ3) is 5.83. The summed E-state index contributed by atoms with van der Waals surface area (Å²) in [6.07, 6.45) is 5.48. The first-order valence-corrected chi connectivity index (χ1v) is 9.49. The van der Waals surface area contributed by atoms with E-state index in [9.17, 15) is 4.79 Å². The number of piperidine rings is 1. The van der Waals surface area contributed by atoms with Gasteiger partial charge in [0.05, 0.1) is 0 Å². The number of hydrogen-bond donors (Lipinski definition) is 1. The fraction of sp³-hybridized carbons (Fsp3) is 0.286. The molecule has 1 saturated heterocycles. The highest BCUT2D eigenvalue weighted by atomic mass is 79.9. The molecule has 3 nitrogen and oxygen atoms in total. The largest absolute Gasteiger partial charge is 0.350 e. The first-order valence-electron chi connectivity index (χ1n) is 8.69. The van der Waals surface area contributed by atoms with Gasteiger partial charge in [-0.05, 0) is 42.2 Å². The van der Waals surface area contributed by atoms with Crippen molar-refractivity contribution < 1.29 is 4.79 Å². The number of rotatable bonds is 5. The van der Waals surface area contributed by atoms with E-state index in [1.54, 1.807) is 6.08 Å². The van der Waals surface area contributed by atoms with Crippen LogP contribution in [0.3, 0.4) is 0 Å². The van der Waals surface area contributed by atoms with Gasteiger partial charge in [0.1, 0.15) is 0 Å². The van der Waals surface area contributed by atoms with Crippen molar-refractivity contribution in [2.45, 2.75) is 25.4 Å². The Labute approximate surface area is 157 Å². The van der Waals surface area contributed by atoms with Gasteiger partial charge in [-0.25, -0.2) is 0 Å². The number of benzene rings is 2. The number of carbonyl (C=O) groups is 1. The lowest BCUT2D eigenvalue weighted by molar-refractivity contribution is -0.117. The zero-order valence-corrected chi connectivity index (χ0v) is 15.8. The van der Waals surface area contributed by atoms with Crippen molar-refractivity contribution in [3.05, 3.63) is 76.3 Å². The van der Waals surface area contributed by atoms with E-state index in [0.717, 1.165) is 42.5 Å². The van der Waals surface area contributed by atoms with Crippen LogP contribution in [0.25, 0.3) is 6.08 Å². The fourth-order valence-corrected chi connectivity index (χ4v) is 3.53. The Hall–Kier alpha value is -1.91. The minimum atomic E-state index is -0.0125. The Bertz CT molecular complexity index is 722. The van der Waals surface area contributed by atoms with Gasteiger partial charge in [-0.15, -0.1) is 0 Å². The molecule has 0 radical (unpaired) electrons. The molecule has 0 unspecified atom stereocenters. The van der Waals surface area contributed by atoms with E-state index in [1.807, 2.05) is 36.4 Å². The van der Waals surface area contributed by atoms with Crippen molar-refractivity contribution in [2.24, 2.45) is 0 Å². The minimum absolute atomic E-state index is 0.0125. The summed E-state index contributed by atoms with van der Waals surface area (Å²) in [7, 11) is 0. The molecule has 1 fully saturated rings. The van der Waals surface area contributed by atoms with Crippen LogP contribution in [0.15, 0.2) is 65.1 Å². The molecule has 1 heterocycles. The minimum Gasteiger partial charge on any atom is -0.350 e. The molecule has 130 valence electrons. The second-order valence-electron chi connectivity index (χ2n) is 6.43. The predicted molar refractivity (Wildman–Crippen MR) is 106 cm³/mol. The Morgan fingerprint density at radius 3 is 2.60 bits per heavy atom. The van der Waals surface area contributed by atoms with Crippen molar-refractivity contribution in [1.82, 2.24) is 10.2 Å². The zero-order chi connectivity index (χ0) is 17.5. The van der Waals surface area contributed by atoms with Gasteiger partial charge in [0.15, 0.2) is 0 Å². The van der Waals surface area contributed by atoms with Gasteiger partial charge in [0.2, 0.25) is 5.91 Å². The van der Waals surface area contributed by atoms with E-state index in [2.05, 4.69) is 50.4 Å². The van der Waals surface area contributed by atoms with Gasteiger partial charge in [-0.3, -0.25) is 9.69 Å². The van der Waals surface area contributed by atoms with Crippen LogP contribution < -0.4 is 5.32 Å². The number of nitrogens with zero attached hydrogens (tertiary/aromatic N) is 1. The molecule has 1 N–H and O–H groups in total. The van der Waals surface area contributed by atoms with E-state index in [-0.39, 0.29) is 11.9 Å². The fourth-order valence-electron chi connectivity index (χ4n) is 3.11. The maximum absolute atomic E-state index is 12.1. The average molecular weight is 399 g/mol. The van der Waals surface area contributed by atoms with Crippen molar-refractivity contribution in [3.8, 4) is 0 Å². The van der Waals surface area contributed by atoms with Crippen LogP contribution >= 0.6 is 15.9 Å². The molecule has 1 aliphatic rings. The molecule has 0 aliphatic carbocycles. The first kappa shape index (κ1) is 17.9. The second kappa shape index (κ2) is 8.97. The average Bonchev–Trinajstić information content (AvgIpc) is 2.63. The van der Waals surface area contributed by atoms with E-state index < -0.39 is 0 Å². The lowest BCUT2D eigenvalue weighted by atomic mass is 10.0.